The van der Waals surface area contributed by atoms with Crippen LogP contribution in [-0.2, 0) is 0 Å². The molecule has 0 bridgehead atoms. The number of carbonyl (C=O) groups excluding carboxylic acids is 2. The van der Waals surface area contributed by atoms with E-state index in [1.807, 2.05) is 6.07 Å². The van der Waals surface area contributed by atoms with E-state index >= 15 is 0 Å². The fourth-order valence-electron chi connectivity index (χ4n) is 1.42. The lowest BCUT2D eigenvalue weighted by Gasteiger charge is -2.07. The second-order valence-corrected chi connectivity index (χ2v) is 3.81. The maximum absolute atomic E-state index is 11.6. The van der Waals surface area contributed by atoms with Crippen LogP contribution in [0.3, 0.4) is 0 Å². The Morgan fingerprint density at radius 2 is 1.74 bits per heavy atom. The van der Waals surface area contributed by atoms with Crippen LogP contribution in [0.1, 0.15) is 16.3 Å². The minimum atomic E-state index is -0.539. The molecule has 3 amide bonds. The van der Waals surface area contributed by atoms with Gasteiger partial charge in [0.2, 0.25) is 0 Å². The van der Waals surface area contributed by atoms with Crippen LogP contribution < -0.4 is 16.2 Å². The van der Waals surface area contributed by atoms with Gasteiger partial charge in [-0.2, -0.15) is 0 Å². The van der Waals surface area contributed by atoms with Crippen molar-refractivity contribution in [3.63, 3.8) is 0 Å². The smallest absolute Gasteiger partial charge is 0.337 e. The maximum Gasteiger partial charge on any atom is 0.337 e. The first-order chi connectivity index (χ1) is 9.15. The van der Waals surface area contributed by atoms with Crippen LogP contribution in [0.15, 0.2) is 46.9 Å². The van der Waals surface area contributed by atoms with Crippen molar-refractivity contribution < 1.29 is 14.0 Å². The number of hydrogen-bond acceptors (Lipinski definition) is 3. The van der Waals surface area contributed by atoms with Crippen molar-refractivity contribution in [1.29, 1.82) is 0 Å². The Hall–Kier alpha value is -2.76. The maximum atomic E-state index is 11.6. The van der Waals surface area contributed by atoms with E-state index < -0.39 is 11.9 Å². The Bertz CT molecular complexity index is 578. The highest BCUT2D eigenvalue weighted by molar-refractivity contribution is 5.95. The second-order valence-electron chi connectivity index (χ2n) is 3.81. The summed E-state index contributed by atoms with van der Waals surface area (Å²) < 4.78 is 5.11. The molecule has 1 heterocycles. The van der Waals surface area contributed by atoms with Crippen LogP contribution in [0, 0.1) is 6.92 Å². The third-order valence-corrected chi connectivity index (χ3v) is 2.29. The van der Waals surface area contributed by atoms with Gasteiger partial charge in [-0.05, 0) is 31.2 Å². The molecule has 2 aromatic rings. The first kappa shape index (κ1) is 12.7. The minimum Gasteiger partial charge on any atom is -0.456 e. The topological polar surface area (TPSA) is 83.4 Å². The van der Waals surface area contributed by atoms with Gasteiger partial charge < -0.3 is 9.73 Å². The number of hydrazine groups is 1. The van der Waals surface area contributed by atoms with Gasteiger partial charge in [0, 0.05) is 5.69 Å². The van der Waals surface area contributed by atoms with Gasteiger partial charge in [0.15, 0.2) is 5.76 Å². The zero-order valence-electron chi connectivity index (χ0n) is 10.3. The number of carbonyl (C=O) groups is 2. The van der Waals surface area contributed by atoms with Gasteiger partial charge in [0.25, 0.3) is 0 Å². The van der Waals surface area contributed by atoms with Gasteiger partial charge in [0.05, 0.1) is 0 Å². The van der Waals surface area contributed by atoms with Gasteiger partial charge in [-0.1, -0.05) is 18.2 Å². The van der Waals surface area contributed by atoms with Crippen LogP contribution in [0.4, 0.5) is 10.5 Å². The molecule has 0 fully saturated rings. The molecule has 0 unspecified atom stereocenters. The first-order valence-electron chi connectivity index (χ1n) is 5.64. The lowest BCUT2D eigenvalue weighted by atomic mass is 10.3. The van der Waals surface area contributed by atoms with Gasteiger partial charge in [0.1, 0.15) is 5.76 Å². The van der Waals surface area contributed by atoms with E-state index in [-0.39, 0.29) is 5.76 Å². The van der Waals surface area contributed by atoms with E-state index in [0.717, 1.165) is 0 Å². The quantitative estimate of drug-likeness (QED) is 0.722. The molecule has 0 spiro atoms. The zero-order valence-corrected chi connectivity index (χ0v) is 10.3. The van der Waals surface area contributed by atoms with Crippen molar-refractivity contribution in [2.45, 2.75) is 6.92 Å². The molecule has 0 saturated heterocycles. The molecule has 0 aliphatic rings. The summed E-state index contributed by atoms with van der Waals surface area (Å²) >= 11 is 0. The van der Waals surface area contributed by atoms with Gasteiger partial charge in [-0.15, -0.1) is 0 Å². The van der Waals surface area contributed by atoms with Crippen LogP contribution in [0.2, 0.25) is 0 Å². The molecule has 0 aliphatic heterocycles. The molecule has 0 radical (unpaired) electrons. The molecule has 3 N–H and O–H groups in total. The summed E-state index contributed by atoms with van der Waals surface area (Å²) in [6.07, 6.45) is 0. The largest absolute Gasteiger partial charge is 0.456 e. The Labute approximate surface area is 109 Å². The third kappa shape index (κ3) is 3.60. The first-order valence-corrected chi connectivity index (χ1v) is 5.64. The summed E-state index contributed by atoms with van der Waals surface area (Å²) in [7, 11) is 0. The van der Waals surface area contributed by atoms with Gasteiger partial charge >= 0.3 is 11.9 Å². The van der Waals surface area contributed by atoms with Crippen molar-refractivity contribution in [1.82, 2.24) is 10.9 Å². The van der Waals surface area contributed by atoms with E-state index in [2.05, 4.69) is 16.2 Å². The highest BCUT2D eigenvalue weighted by atomic mass is 16.3. The summed E-state index contributed by atoms with van der Waals surface area (Å²) in [6, 6.07) is 11.5. The van der Waals surface area contributed by atoms with Gasteiger partial charge in [-0.3, -0.25) is 10.2 Å². The average Bonchev–Trinajstić information content (AvgIpc) is 2.84. The Kier molecular flexibility index (Phi) is 3.82. The lowest BCUT2D eigenvalue weighted by molar-refractivity contribution is 0.0909. The Balaban J connectivity index is 1.82. The SMILES string of the molecule is Cc1ccc(C(=O)NNC(=O)Nc2ccccc2)o1. The molecule has 19 heavy (non-hydrogen) atoms. The molecule has 6 heteroatoms. The van der Waals surface area contributed by atoms with Crippen molar-refractivity contribution in [3.8, 4) is 0 Å². The van der Waals surface area contributed by atoms with Crippen molar-refractivity contribution >= 4 is 17.6 Å². The number of rotatable bonds is 2. The number of benzene rings is 1. The van der Waals surface area contributed by atoms with E-state index in [1.165, 1.54) is 6.07 Å². The van der Waals surface area contributed by atoms with Crippen LogP contribution in [0.25, 0.3) is 0 Å². The Morgan fingerprint density at radius 1 is 1.00 bits per heavy atom. The third-order valence-electron chi connectivity index (χ3n) is 2.29. The number of urea groups is 1. The number of amides is 3. The molecule has 1 aromatic carbocycles. The predicted octanol–water partition coefficient (Wildman–Crippen LogP) is 2.05. The zero-order chi connectivity index (χ0) is 13.7. The number of aryl methyl sites for hydroxylation is 1. The summed E-state index contributed by atoms with van der Waals surface area (Å²) in [5.74, 6) is 0.243. The summed E-state index contributed by atoms with van der Waals surface area (Å²) in [5, 5.41) is 2.56. The molecule has 98 valence electrons. The van der Waals surface area contributed by atoms with E-state index in [1.54, 1.807) is 37.3 Å². The summed E-state index contributed by atoms with van der Waals surface area (Å²) in [6.45, 7) is 1.73. The van der Waals surface area contributed by atoms with Gasteiger partial charge in [-0.25, -0.2) is 10.2 Å². The summed E-state index contributed by atoms with van der Waals surface area (Å²) in [4.78, 5) is 23.1. The van der Waals surface area contributed by atoms with Crippen LogP contribution >= 0.6 is 0 Å². The van der Waals surface area contributed by atoms with E-state index in [4.69, 9.17) is 4.42 Å². The highest BCUT2D eigenvalue weighted by Crippen LogP contribution is 2.05. The van der Waals surface area contributed by atoms with Crippen molar-refractivity contribution in [2.75, 3.05) is 5.32 Å². The van der Waals surface area contributed by atoms with Crippen molar-refractivity contribution in [3.05, 3.63) is 54.0 Å². The highest BCUT2D eigenvalue weighted by Gasteiger charge is 2.10. The fourth-order valence-corrected chi connectivity index (χ4v) is 1.42. The molecular weight excluding hydrogens is 246 g/mol. The lowest BCUT2D eigenvalue weighted by Crippen LogP contribution is -2.43. The average molecular weight is 259 g/mol. The molecule has 2 rings (SSSR count). The standard InChI is InChI=1S/C13H13N3O3/c1-9-7-8-11(19-9)12(17)15-16-13(18)14-10-5-3-2-4-6-10/h2-8H,1H3,(H,15,17)(H2,14,16,18). The van der Waals surface area contributed by atoms with Crippen molar-refractivity contribution in [2.24, 2.45) is 0 Å². The summed E-state index contributed by atoms with van der Waals surface area (Å²) in [5.41, 5.74) is 5.09. The molecule has 6 nitrogen and oxygen atoms in total. The number of furan rings is 1. The number of anilines is 1. The molecule has 0 saturated carbocycles. The van der Waals surface area contributed by atoms with Crippen LogP contribution in [0.5, 0.6) is 0 Å². The predicted molar refractivity (Wildman–Crippen MR) is 69.5 cm³/mol. The number of para-hydroxylation sites is 1. The Morgan fingerprint density at radius 3 is 2.37 bits per heavy atom. The second kappa shape index (κ2) is 5.72. The number of hydrogen-bond donors (Lipinski definition) is 3. The fraction of sp³-hybridized carbons (Fsp3) is 0.0769. The molecule has 0 atom stereocenters. The number of nitrogens with one attached hydrogen (secondary N) is 3. The monoisotopic (exact) mass is 259 g/mol. The normalized spacial score (nSPS) is 9.74. The molecule has 1 aromatic heterocycles. The van der Waals surface area contributed by atoms with E-state index in [9.17, 15) is 9.59 Å². The molecular formula is C13H13N3O3. The molecule has 0 aliphatic carbocycles. The van der Waals surface area contributed by atoms with E-state index in [0.29, 0.717) is 11.4 Å². The minimum absolute atomic E-state index is 0.137. The van der Waals surface area contributed by atoms with Crippen LogP contribution in [-0.4, -0.2) is 11.9 Å².